The molecule has 0 aromatic heterocycles. The summed E-state index contributed by atoms with van der Waals surface area (Å²) in [6.45, 7) is 2.14. The molecule has 1 aliphatic rings. The van der Waals surface area contributed by atoms with Crippen LogP contribution in [0.5, 0.6) is 0 Å². The summed E-state index contributed by atoms with van der Waals surface area (Å²) < 4.78 is 28.5. The number of thioether (sulfide) groups is 1. The van der Waals surface area contributed by atoms with Gasteiger partial charge in [-0.1, -0.05) is 18.2 Å². The van der Waals surface area contributed by atoms with E-state index in [4.69, 9.17) is 0 Å². The van der Waals surface area contributed by atoms with Gasteiger partial charge in [-0.15, -0.1) is 4.40 Å². The standard InChI is InChI=1S/C14H17N3O3S2/c1-4-17-13(18)12(10-16(2)3)21-14(17)15-22(19,20)11-8-6-5-7-9-11/h5-10H,4H2,1-3H3/b12-10-,15-14?. The molecule has 1 aromatic rings. The van der Waals surface area contributed by atoms with Crippen LogP contribution in [0.4, 0.5) is 0 Å². The Morgan fingerprint density at radius 1 is 1.27 bits per heavy atom. The normalized spacial score (nSPS) is 19.2. The summed E-state index contributed by atoms with van der Waals surface area (Å²) in [7, 11) is -0.232. The molecular formula is C14H17N3O3S2. The van der Waals surface area contributed by atoms with E-state index in [2.05, 4.69) is 4.40 Å². The zero-order chi connectivity index (χ0) is 16.3. The first kappa shape index (κ1) is 16.6. The molecule has 0 spiro atoms. The van der Waals surface area contributed by atoms with E-state index >= 15 is 0 Å². The molecule has 0 radical (unpaired) electrons. The van der Waals surface area contributed by atoms with Crippen LogP contribution in [-0.2, 0) is 14.8 Å². The molecule has 1 amide bonds. The number of amides is 1. The largest absolute Gasteiger partial charge is 0.382 e. The SMILES string of the molecule is CCN1C(=O)/C(=C/N(C)C)SC1=NS(=O)(=O)c1ccccc1. The van der Waals surface area contributed by atoms with Gasteiger partial charge in [0.2, 0.25) is 0 Å². The highest BCUT2D eigenvalue weighted by molar-refractivity contribution is 8.19. The summed E-state index contributed by atoms with van der Waals surface area (Å²) in [6, 6.07) is 7.96. The molecule has 6 nitrogen and oxygen atoms in total. The van der Waals surface area contributed by atoms with E-state index in [0.717, 1.165) is 11.8 Å². The van der Waals surface area contributed by atoms with Crippen molar-refractivity contribution in [2.75, 3.05) is 20.6 Å². The second-order valence-corrected chi connectivity index (χ2v) is 7.38. The van der Waals surface area contributed by atoms with Gasteiger partial charge < -0.3 is 4.90 Å². The first-order valence-corrected chi connectivity index (χ1v) is 8.89. The Kier molecular flexibility index (Phi) is 4.92. The predicted octanol–water partition coefficient (Wildman–Crippen LogP) is 1.73. The van der Waals surface area contributed by atoms with Crippen molar-refractivity contribution in [1.82, 2.24) is 9.80 Å². The number of hydrogen-bond donors (Lipinski definition) is 0. The van der Waals surface area contributed by atoms with E-state index in [9.17, 15) is 13.2 Å². The van der Waals surface area contributed by atoms with Crippen LogP contribution in [-0.4, -0.2) is 49.9 Å². The predicted molar refractivity (Wildman–Crippen MR) is 87.8 cm³/mol. The molecule has 2 rings (SSSR count). The molecule has 1 heterocycles. The van der Waals surface area contributed by atoms with Crippen LogP contribution in [0.25, 0.3) is 0 Å². The minimum atomic E-state index is -3.83. The van der Waals surface area contributed by atoms with Crippen molar-refractivity contribution in [1.29, 1.82) is 0 Å². The number of carbonyl (C=O) groups is 1. The van der Waals surface area contributed by atoms with Crippen LogP contribution in [0.3, 0.4) is 0 Å². The third-order valence-corrected chi connectivity index (χ3v) is 5.21. The molecule has 0 bridgehead atoms. The topological polar surface area (TPSA) is 70.1 Å². The molecule has 0 atom stereocenters. The van der Waals surface area contributed by atoms with Gasteiger partial charge in [0.15, 0.2) is 5.17 Å². The lowest BCUT2D eigenvalue weighted by Gasteiger charge is -2.12. The van der Waals surface area contributed by atoms with Crippen LogP contribution >= 0.6 is 11.8 Å². The highest BCUT2D eigenvalue weighted by atomic mass is 32.2. The van der Waals surface area contributed by atoms with Crippen molar-refractivity contribution in [2.24, 2.45) is 4.40 Å². The fraction of sp³-hybridized carbons (Fsp3) is 0.286. The lowest BCUT2D eigenvalue weighted by atomic mass is 10.4. The Labute approximate surface area is 134 Å². The van der Waals surface area contributed by atoms with E-state index in [-0.39, 0.29) is 16.0 Å². The number of amidine groups is 1. The van der Waals surface area contributed by atoms with Crippen molar-refractivity contribution in [2.45, 2.75) is 11.8 Å². The maximum absolute atomic E-state index is 12.3. The van der Waals surface area contributed by atoms with E-state index in [0.29, 0.717) is 11.4 Å². The van der Waals surface area contributed by atoms with Crippen molar-refractivity contribution >= 4 is 32.9 Å². The summed E-state index contributed by atoms with van der Waals surface area (Å²) in [6.07, 6.45) is 1.66. The molecule has 118 valence electrons. The number of likely N-dealkylation sites (N-methyl/N-ethyl adjacent to an activating group) is 1. The summed E-state index contributed by atoms with van der Waals surface area (Å²) >= 11 is 1.07. The van der Waals surface area contributed by atoms with Crippen LogP contribution in [0.2, 0.25) is 0 Å². The molecule has 8 heteroatoms. The fourth-order valence-electron chi connectivity index (χ4n) is 1.83. The summed E-state index contributed by atoms with van der Waals surface area (Å²) in [5.74, 6) is -0.233. The van der Waals surface area contributed by atoms with Crippen molar-refractivity contribution in [3.8, 4) is 0 Å². The van der Waals surface area contributed by atoms with E-state index in [1.165, 1.54) is 17.0 Å². The third kappa shape index (κ3) is 3.50. The van der Waals surface area contributed by atoms with Gasteiger partial charge in [0.1, 0.15) is 0 Å². The quantitative estimate of drug-likeness (QED) is 0.781. The van der Waals surface area contributed by atoms with Crippen molar-refractivity contribution in [3.63, 3.8) is 0 Å². The maximum Gasteiger partial charge on any atom is 0.284 e. The van der Waals surface area contributed by atoms with Crippen LogP contribution < -0.4 is 0 Å². The summed E-state index contributed by atoms with van der Waals surface area (Å²) in [5.41, 5.74) is 0. The zero-order valence-electron chi connectivity index (χ0n) is 12.6. The highest BCUT2D eigenvalue weighted by Crippen LogP contribution is 2.32. The molecule has 1 saturated heterocycles. The number of sulfonamides is 1. The van der Waals surface area contributed by atoms with E-state index < -0.39 is 10.0 Å². The number of nitrogens with zero attached hydrogens (tertiary/aromatic N) is 3. The van der Waals surface area contributed by atoms with Gasteiger partial charge in [-0.3, -0.25) is 9.69 Å². The fourth-order valence-corrected chi connectivity index (χ4v) is 4.16. The maximum atomic E-state index is 12.3. The van der Waals surface area contributed by atoms with Gasteiger partial charge in [-0.2, -0.15) is 8.42 Å². The molecule has 0 saturated carbocycles. The molecule has 0 N–H and O–H groups in total. The molecule has 0 unspecified atom stereocenters. The first-order valence-electron chi connectivity index (χ1n) is 6.63. The van der Waals surface area contributed by atoms with Crippen LogP contribution in [0, 0.1) is 0 Å². The second-order valence-electron chi connectivity index (χ2n) is 4.77. The molecule has 1 aliphatic heterocycles. The molecule has 1 aromatic carbocycles. The van der Waals surface area contributed by atoms with Gasteiger partial charge in [0.25, 0.3) is 15.9 Å². The van der Waals surface area contributed by atoms with Gasteiger partial charge in [-0.25, -0.2) is 0 Å². The van der Waals surface area contributed by atoms with E-state index in [1.807, 2.05) is 0 Å². The molecule has 22 heavy (non-hydrogen) atoms. The number of rotatable bonds is 4. The summed E-state index contributed by atoms with van der Waals surface area (Å²) in [4.78, 5) is 15.9. The van der Waals surface area contributed by atoms with Gasteiger partial charge in [0, 0.05) is 26.8 Å². The van der Waals surface area contributed by atoms with Crippen LogP contribution in [0.1, 0.15) is 6.92 Å². The molecular weight excluding hydrogens is 322 g/mol. The number of hydrogen-bond acceptors (Lipinski definition) is 5. The zero-order valence-corrected chi connectivity index (χ0v) is 14.2. The number of benzene rings is 1. The average Bonchev–Trinajstić information content (AvgIpc) is 2.74. The molecule has 0 aliphatic carbocycles. The Bertz CT molecular complexity index is 725. The van der Waals surface area contributed by atoms with Gasteiger partial charge in [0.05, 0.1) is 9.80 Å². The number of carbonyl (C=O) groups excluding carboxylic acids is 1. The minimum absolute atomic E-state index is 0.108. The average molecular weight is 339 g/mol. The monoisotopic (exact) mass is 339 g/mol. The van der Waals surface area contributed by atoms with Crippen molar-refractivity contribution < 1.29 is 13.2 Å². The Morgan fingerprint density at radius 2 is 1.91 bits per heavy atom. The first-order chi connectivity index (χ1) is 10.3. The third-order valence-electron chi connectivity index (χ3n) is 2.82. The van der Waals surface area contributed by atoms with E-state index in [1.54, 1.807) is 50.3 Å². The minimum Gasteiger partial charge on any atom is -0.382 e. The Morgan fingerprint density at radius 3 is 2.45 bits per heavy atom. The van der Waals surface area contributed by atoms with Gasteiger partial charge in [-0.05, 0) is 30.8 Å². The molecule has 1 fully saturated rings. The lowest BCUT2D eigenvalue weighted by Crippen LogP contribution is -2.29. The Hall–Kier alpha value is -1.80. The highest BCUT2D eigenvalue weighted by Gasteiger charge is 2.34. The van der Waals surface area contributed by atoms with Gasteiger partial charge >= 0.3 is 0 Å². The Balaban J connectivity index is 2.41. The van der Waals surface area contributed by atoms with Crippen molar-refractivity contribution in [3.05, 3.63) is 41.4 Å². The smallest absolute Gasteiger partial charge is 0.284 e. The van der Waals surface area contributed by atoms with Crippen LogP contribution in [0.15, 0.2) is 50.7 Å². The lowest BCUT2D eigenvalue weighted by molar-refractivity contribution is -0.122. The second kappa shape index (κ2) is 6.53. The summed E-state index contributed by atoms with van der Waals surface area (Å²) in [5, 5.41) is 0.185.